The molecule has 7 heteroatoms. The van der Waals surface area contributed by atoms with Gasteiger partial charge in [-0.15, -0.1) is 0 Å². The number of anilines is 1. The molecule has 144 valence electrons. The second-order valence-corrected chi connectivity index (χ2v) is 6.42. The van der Waals surface area contributed by atoms with E-state index in [2.05, 4.69) is 15.3 Å². The highest BCUT2D eigenvalue weighted by atomic mass is 16.6. The van der Waals surface area contributed by atoms with Crippen molar-refractivity contribution in [2.75, 3.05) is 11.9 Å². The first-order valence-corrected chi connectivity index (χ1v) is 9.14. The Morgan fingerprint density at radius 2 is 1.69 bits per heavy atom. The molecule has 1 aromatic heterocycles. The molecule has 0 radical (unpaired) electrons. The first-order valence-electron chi connectivity index (χ1n) is 9.14. The average Bonchev–Trinajstić information content (AvgIpc) is 2.75. The maximum absolute atomic E-state index is 11.0. The van der Waals surface area contributed by atoms with Crippen LogP contribution in [0.5, 0.6) is 11.5 Å². The molecule has 0 bridgehead atoms. The number of nitrogens with zero attached hydrogens (tertiary/aromatic N) is 3. The van der Waals surface area contributed by atoms with Gasteiger partial charge in [-0.3, -0.25) is 10.1 Å². The van der Waals surface area contributed by atoms with Crippen molar-refractivity contribution in [3.05, 3.63) is 94.8 Å². The van der Waals surface area contributed by atoms with Crippen LogP contribution >= 0.6 is 0 Å². The number of aromatic nitrogens is 2. The minimum Gasteiger partial charge on any atom is -0.457 e. The third-order valence-corrected chi connectivity index (χ3v) is 4.44. The molecular formula is C22H18N4O3. The summed E-state index contributed by atoms with van der Waals surface area (Å²) in [5, 5.41) is 14.9. The SMILES string of the molecule is O=[N+]([O-])c1ccc2ncnc(NCCc3ccc(Oc4ccccc4)cc3)c2c1. The van der Waals surface area contributed by atoms with E-state index < -0.39 is 4.92 Å². The third-order valence-electron chi connectivity index (χ3n) is 4.44. The van der Waals surface area contributed by atoms with Crippen LogP contribution in [0.2, 0.25) is 0 Å². The molecule has 29 heavy (non-hydrogen) atoms. The molecule has 4 rings (SSSR count). The summed E-state index contributed by atoms with van der Waals surface area (Å²) in [4.78, 5) is 19.0. The maximum Gasteiger partial charge on any atom is 0.270 e. The van der Waals surface area contributed by atoms with Crippen molar-refractivity contribution in [1.82, 2.24) is 9.97 Å². The fourth-order valence-corrected chi connectivity index (χ4v) is 2.97. The van der Waals surface area contributed by atoms with Crippen LogP contribution in [0.25, 0.3) is 10.9 Å². The highest BCUT2D eigenvalue weighted by molar-refractivity contribution is 5.90. The first kappa shape index (κ1) is 18.4. The lowest BCUT2D eigenvalue weighted by Crippen LogP contribution is -2.07. The van der Waals surface area contributed by atoms with Gasteiger partial charge in [0.15, 0.2) is 0 Å². The lowest BCUT2D eigenvalue weighted by Gasteiger charge is -2.09. The van der Waals surface area contributed by atoms with Crippen LogP contribution in [-0.2, 0) is 6.42 Å². The molecular weight excluding hydrogens is 368 g/mol. The van der Waals surface area contributed by atoms with Gasteiger partial charge in [0.1, 0.15) is 23.6 Å². The maximum atomic E-state index is 11.0. The normalized spacial score (nSPS) is 10.6. The van der Waals surface area contributed by atoms with E-state index in [0.717, 1.165) is 23.5 Å². The predicted octanol–water partition coefficient (Wildman–Crippen LogP) is 4.98. The van der Waals surface area contributed by atoms with E-state index in [0.29, 0.717) is 23.3 Å². The number of ether oxygens (including phenoxy) is 1. The molecule has 0 fully saturated rings. The fraction of sp³-hybridized carbons (Fsp3) is 0.0909. The fourth-order valence-electron chi connectivity index (χ4n) is 2.97. The van der Waals surface area contributed by atoms with Gasteiger partial charge in [0.2, 0.25) is 0 Å². The summed E-state index contributed by atoms with van der Waals surface area (Å²) in [5.41, 5.74) is 1.82. The Kier molecular flexibility index (Phi) is 5.29. The van der Waals surface area contributed by atoms with Crippen molar-refractivity contribution < 1.29 is 9.66 Å². The number of hydrogen-bond acceptors (Lipinski definition) is 6. The minimum atomic E-state index is -0.421. The van der Waals surface area contributed by atoms with Crippen molar-refractivity contribution in [1.29, 1.82) is 0 Å². The topological polar surface area (TPSA) is 90.2 Å². The molecule has 0 atom stereocenters. The Balaban J connectivity index is 1.40. The van der Waals surface area contributed by atoms with Crippen molar-refractivity contribution >= 4 is 22.4 Å². The summed E-state index contributed by atoms with van der Waals surface area (Å²) in [6.07, 6.45) is 2.22. The number of hydrogen-bond donors (Lipinski definition) is 1. The number of fused-ring (bicyclic) bond motifs is 1. The van der Waals surface area contributed by atoms with E-state index in [1.165, 1.54) is 18.5 Å². The number of nitrogens with one attached hydrogen (secondary N) is 1. The second kappa shape index (κ2) is 8.35. The van der Waals surface area contributed by atoms with E-state index in [9.17, 15) is 10.1 Å². The summed E-state index contributed by atoms with van der Waals surface area (Å²) >= 11 is 0. The predicted molar refractivity (Wildman–Crippen MR) is 111 cm³/mol. The Morgan fingerprint density at radius 3 is 2.45 bits per heavy atom. The summed E-state index contributed by atoms with van der Waals surface area (Å²) in [7, 11) is 0. The van der Waals surface area contributed by atoms with E-state index >= 15 is 0 Å². The van der Waals surface area contributed by atoms with Gasteiger partial charge in [0.05, 0.1) is 10.4 Å². The Labute approximate surface area is 167 Å². The number of nitro benzene ring substituents is 1. The zero-order valence-electron chi connectivity index (χ0n) is 15.5. The molecule has 1 N–H and O–H groups in total. The zero-order valence-corrected chi connectivity index (χ0v) is 15.5. The molecule has 3 aromatic carbocycles. The Morgan fingerprint density at radius 1 is 0.931 bits per heavy atom. The highest BCUT2D eigenvalue weighted by Gasteiger charge is 2.10. The number of non-ortho nitro benzene ring substituents is 1. The van der Waals surface area contributed by atoms with Crippen molar-refractivity contribution in [3.63, 3.8) is 0 Å². The first-order chi connectivity index (χ1) is 14.2. The summed E-state index contributed by atoms with van der Waals surface area (Å²) in [6, 6.07) is 22.1. The summed E-state index contributed by atoms with van der Waals surface area (Å²) in [6.45, 7) is 0.633. The molecule has 0 saturated heterocycles. The van der Waals surface area contributed by atoms with Crippen molar-refractivity contribution in [3.8, 4) is 11.5 Å². The smallest absolute Gasteiger partial charge is 0.270 e. The second-order valence-electron chi connectivity index (χ2n) is 6.42. The molecule has 0 aliphatic rings. The van der Waals surface area contributed by atoms with Crippen LogP contribution in [0.4, 0.5) is 11.5 Å². The van der Waals surface area contributed by atoms with E-state index in [1.807, 2.05) is 54.6 Å². The van der Waals surface area contributed by atoms with Crippen LogP contribution in [-0.4, -0.2) is 21.4 Å². The Hall–Kier alpha value is -4.00. The number of rotatable bonds is 7. The van der Waals surface area contributed by atoms with Gasteiger partial charge in [0.25, 0.3) is 5.69 Å². The van der Waals surface area contributed by atoms with E-state index in [4.69, 9.17) is 4.74 Å². The Bertz CT molecular complexity index is 1130. The van der Waals surface area contributed by atoms with Gasteiger partial charge in [0, 0.05) is 24.1 Å². The molecule has 1 heterocycles. The van der Waals surface area contributed by atoms with Gasteiger partial charge in [-0.25, -0.2) is 9.97 Å². The van der Waals surface area contributed by atoms with Crippen LogP contribution in [0.3, 0.4) is 0 Å². The molecule has 7 nitrogen and oxygen atoms in total. The molecule has 0 unspecified atom stereocenters. The lowest BCUT2D eigenvalue weighted by molar-refractivity contribution is -0.384. The molecule has 0 aliphatic carbocycles. The van der Waals surface area contributed by atoms with Gasteiger partial charge in [-0.05, 0) is 42.3 Å². The monoisotopic (exact) mass is 386 g/mol. The summed E-state index contributed by atoms with van der Waals surface area (Å²) in [5.74, 6) is 2.16. The van der Waals surface area contributed by atoms with Crippen molar-refractivity contribution in [2.24, 2.45) is 0 Å². The largest absolute Gasteiger partial charge is 0.457 e. The van der Waals surface area contributed by atoms with Crippen LogP contribution < -0.4 is 10.1 Å². The molecule has 0 aliphatic heterocycles. The zero-order chi connectivity index (χ0) is 20.1. The number of benzene rings is 3. The molecule has 4 aromatic rings. The average molecular weight is 386 g/mol. The summed E-state index contributed by atoms with van der Waals surface area (Å²) < 4.78 is 5.80. The van der Waals surface area contributed by atoms with Crippen LogP contribution in [0, 0.1) is 10.1 Å². The molecule has 0 amide bonds. The molecule has 0 saturated carbocycles. The van der Waals surface area contributed by atoms with Crippen molar-refractivity contribution in [2.45, 2.75) is 6.42 Å². The quantitative estimate of drug-likeness (QED) is 0.356. The minimum absolute atomic E-state index is 0.0179. The van der Waals surface area contributed by atoms with E-state index in [1.54, 1.807) is 6.07 Å². The van der Waals surface area contributed by atoms with Gasteiger partial charge in [-0.1, -0.05) is 30.3 Å². The van der Waals surface area contributed by atoms with E-state index in [-0.39, 0.29) is 5.69 Å². The van der Waals surface area contributed by atoms with Gasteiger partial charge < -0.3 is 10.1 Å². The molecule has 0 spiro atoms. The standard InChI is InChI=1S/C22H18N4O3/c27-26(28)17-8-11-21-20(14-17)22(25-15-24-21)23-13-12-16-6-9-19(10-7-16)29-18-4-2-1-3-5-18/h1-11,14-15H,12-13H2,(H,23,24,25). The number of para-hydroxylation sites is 1. The highest BCUT2D eigenvalue weighted by Crippen LogP contribution is 2.24. The van der Waals surface area contributed by atoms with Gasteiger partial charge >= 0.3 is 0 Å². The lowest BCUT2D eigenvalue weighted by atomic mass is 10.1. The van der Waals surface area contributed by atoms with Crippen LogP contribution in [0.1, 0.15) is 5.56 Å². The van der Waals surface area contributed by atoms with Gasteiger partial charge in [-0.2, -0.15) is 0 Å². The van der Waals surface area contributed by atoms with Crippen LogP contribution in [0.15, 0.2) is 79.1 Å². The third kappa shape index (κ3) is 4.47. The number of nitro groups is 1.